The lowest BCUT2D eigenvalue weighted by Crippen LogP contribution is -2.32. The van der Waals surface area contributed by atoms with Crippen molar-refractivity contribution in [3.63, 3.8) is 0 Å². The maximum atomic E-state index is 13.2. The highest BCUT2D eigenvalue weighted by atomic mass is 16.2. The Balaban J connectivity index is 2.30. The molecule has 2 aromatic heterocycles. The van der Waals surface area contributed by atoms with Crippen LogP contribution in [-0.2, 0) is 17.9 Å². The maximum absolute atomic E-state index is 13.2. The van der Waals surface area contributed by atoms with Crippen LogP contribution in [0.25, 0.3) is 16.7 Å². The van der Waals surface area contributed by atoms with E-state index in [9.17, 15) is 19.2 Å². The zero-order valence-electron chi connectivity index (χ0n) is 18.2. The molecule has 166 valence electrons. The maximum Gasteiger partial charge on any atom is 0.352 e. The van der Waals surface area contributed by atoms with Gasteiger partial charge >= 0.3 is 5.69 Å². The van der Waals surface area contributed by atoms with Gasteiger partial charge in [0.25, 0.3) is 11.5 Å². The zero-order chi connectivity index (χ0) is 22.9. The van der Waals surface area contributed by atoms with Crippen molar-refractivity contribution in [2.45, 2.75) is 59.7 Å². The molecule has 2 amide bonds. The molecule has 3 rings (SSSR count). The van der Waals surface area contributed by atoms with E-state index in [1.165, 1.54) is 15.0 Å². The monoisotopic (exact) mass is 428 g/mol. The minimum Gasteiger partial charge on any atom is -0.368 e. The fourth-order valence-corrected chi connectivity index (χ4v) is 3.31. The second-order valence-electron chi connectivity index (χ2n) is 8.20. The van der Waals surface area contributed by atoms with E-state index in [4.69, 9.17) is 5.73 Å². The summed E-state index contributed by atoms with van der Waals surface area (Å²) in [4.78, 5) is 50.2. The number of nitrogens with one attached hydrogen (secondary N) is 1. The van der Waals surface area contributed by atoms with Crippen molar-refractivity contribution >= 4 is 28.5 Å². The van der Waals surface area contributed by atoms with Gasteiger partial charge in [-0.1, -0.05) is 20.8 Å². The van der Waals surface area contributed by atoms with Gasteiger partial charge in [-0.05, 0) is 43.9 Å². The molecule has 31 heavy (non-hydrogen) atoms. The van der Waals surface area contributed by atoms with Crippen LogP contribution in [-0.4, -0.2) is 36.6 Å². The van der Waals surface area contributed by atoms with Crippen LogP contribution in [0.2, 0.25) is 0 Å². The molecule has 3 N–H and O–H groups in total. The topological polar surface area (TPSA) is 133 Å². The predicted molar refractivity (Wildman–Crippen MR) is 117 cm³/mol. The Morgan fingerprint density at radius 2 is 1.90 bits per heavy atom. The lowest BCUT2D eigenvalue weighted by atomic mass is 10.1. The van der Waals surface area contributed by atoms with E-state index < -0.39 is 18.1 Å². The molecule has 0 unspecified atom stereocenters. The highest BCUT2D eigenvalue weighted by Crippen LogP contribution is 2.15. The number of carbonyl (C=O) groups excluding carboxylic acids is 2. The minimum atomic E-state index is -0.723. The molecule has 0 bridgehead atoms. The van der Waals surface area contributed by atoms with E-state index in [0.29, 0.717) is 24.4 Å². The smallest absolute Gasteiger partial charge is 0.352 e. The van der Waals surface area contributed by atoms with Crippen LogP contribution in [0.1, 0.15) is 50.9 Å². The number of nitrogens with zero attached hydrogens (tertiary/aromatic N) is 4. The molecular weight excluding hydrogens is 400 g/mol. The number of primary amides is 1. The van der Waals surface area contributed by atoms with Gasteiger partial charge in [-0.25, -0.2) is 13.9 Å². The summed E-state index contributed by atoms with van der Waals surface area (Å²) in [5.74, 6) is -0.581. The van der Waals surface area contributed by atoms with Crippen LogP contribution in [0, 0.1) is 5.92 Å². The fourth-order valence-electron chi connectivity index (χ4n) is 3.31. The Morgan fingerprint density at radius 1 is 1.19 bits per heavy atom. The summed E-state index contributed by atoms with van der Waals surface area (Å²) < 4.78 is 3.63. The van der Waals surface area contributed by atoms with E-state index in [2.05, 4.69) is 10.4 Å². The number of aromatic nitrogens is 4. The van der Waals surface area contributed by atoms with E-state index >= 15 is 0 Å². The third-order valence-corrected chi connectivity index (χ3v) is 5.27. The van der Waals surface area contributed by atoms with Gasteiger partial charge in [-0.3, -0.25) is 19.0 Å². The molecule has 10 heteroatoms. The molecule has 0 aliphatic heterocycles. The largest absolute Gasteiger partial charge is 0.368 e. The van der Waals surface area contributed by atoms with Gasteiger partial charge < -0.3 is 11.1 Å². The van der Waals surface area contributed by atoms with Crippen molar-refractivity contribution in [2.24, 2.45) is 11.7 Å². The number of nitrogens with two attached hydrogens (primary N) is 1. The lowest BCUT2D eigenvalue weighted by molar-refractivity contribution is -0.118. The standard InChI is InChI=1S/C21H28N6O4/c1-5-13(4)23-18(29)14-6-7-15-16(10-14)27-20(24-26(21(27)31)11-17(22)28)25(19(15)30)9-8-12(2)3/h6-7,10,12-13H,5,8-9,11H2,1-4H3,(H2,22,28)(H,23,29)/t13-/m0/s1. The second-order valence-corrected chi connectivity index (χ2v) is 8.20. The summed E-state index contributed by atoms with van der Waals surface area (Å²) in [7, 11) is 0. The van der Waals surface area contributed by atoms with E-state index in [0.717, 1.165) is 11.1 Å². The average Bonchev–Trinajstić information content (AvgIpc) is 3.02. The zero-order valence-corrected chi connectivity index (χ0v) is 18.2. The molecule has 10 nitrogen and oxygen atoms in total. The van der Waals surface area contributed by atoms with Crippen molar-refractivity contribution in [2.75, 3.05) is 0 Å². The first kappa shape index (κ1) is 22.3. The van der Waals surface area contributed by atoms with Crippen LogP contribution >= 0.6 is 0 Å². The second kappa shape index (κ2) is 8.75. The molecule has 0 saturated carbocycles. The van der Waals surface area contributed by atoms with Crippen LogP contribution in [0.4, 0.5) is 0 Å². The molecule has 0 spiro atoms. The number of benzene rings is 1. The van der Waals surface area contributed by atoms with Gasteiger partial charge in [0, 0.05) is 18.2 Å². The number of carbonyl (C=O) groups is 2. The molecule has 0 aliphatic rings. The molecular formula is C21H28N6O4. The quantitative estimate of drug-likeness (QED) is 0.549. The summed E-state index contributed by atoms with van der Waals surface area (Å²) in [6, 6.07) is 4.60. The Hall–Kier alpha value is -3.43. The Morgan fingerprint density at radius 3 is 2.52 bits per heavy atom. The first-order valence-electron chi connectivity index (χ1n) is 10.4. The number of aryl methyl sites for hydroxylation is 1. The Labute approximate surface area is 178 Å². The van der Waals surface area contributed by atoms with Crippen molar-refractivity contribution in [1.29, 1.82) is 0 Å². The highest BCUT2D eigenvalue weighted by Gasteiger charge is 2.20. The highest BCUT2D eigenvalue weighted by molar-refractivity contribution is 5.98. The molecule has 0 saturated heterocycles. The first-order valence-corrected chi connectivity index (χ1v) is 10.4. The summed E-state index contributed by atoms with van der Waals surface area (Å²) in [6.45, 7) is 7.87. The molecule has 3 aromatic rings. The fraction of sp³-hybridized carbons (Fsp3) is 0.476. The van der Waals surface area contributed by atoms with Gasteiger partial charge in [0.2, 0.25) is 11.7 Å². The van der Waals surface area contributed by atoms with Crippen molar-refractivity contribution in [3.8, 4) is 0 Å². The summed E-state index contributed by atoms with van der Waals surface area (Å²) >= 11 is 0. The summed E-state index contributed by atoms with van der Waals surface area (Å²) in [5, 5.41) is 7.37. The van der Waals surface area contributed by atoms with Gasteiger partial charge in [0.15, 0.2) is 0 Å². The number of fused-ring (bicyclic) bond motifs is 3. The predicted octanol–water partition coefficient (Wildman–Crippen LogP) is 0.871. The molecule has 1 aromatic carbocycles. The third-order valence-electron chi connectivity index (χ3n) is 5.27. The van der Waals surface area contributed by atoms with Gasteiger partial charge in [0.05, 0.1) is 10.9 Å². The molecule has 1 atom stereocenters. The Bertz CT molecular complexity index is 1270. The molecule has 0 fully saturated rings. The molecule has 0 radical (unpaired) electrons. The number of amides is 2. The van der Waals surface area contributed by atoms with Gasteiger partial charge in [-0.15, -0.1) is 5.10 Å². The summed E-state index contributed by atoms with van der Waals surface area (Å²) in [6.07, 6.45) is 1.47. The van der Waals surface area contributed by atoms with Crippen molar-refractivity contribution in [3.05, 3.63) is 44.6 Å². The first-order chi connectivity index (χ1) is 14.6. The number of hydrogen-bond donors (Lipinski definition) is 2. The van der Waals surface area contributed by atoms with Gasteiger partial charge in [-0.2, -0.15) is 0 Å². The van der Waals surface area contributed by atoms with Gasteiger partial charge in [0.1, 0.15) is 6.54 Å². The minimum absolute atomic E-state index is 0.0201. The van der Waals surface area contributed by atoms with E-state index in [1.54, 1.807) is 12.1 Å². The third kappa shape index (κ3) is 4.37. The van der Waals surface area contributed by atoms with Crippen LogP contribution in [0.3, 0.4) is 0 Å². The van der Waals surface area contributed by atoms with Crippen LogP contribution in [0.5, 0.6) is 0 Å². The lowest BCUT2D eigenvalue weighted by Gasteiger charge is -2.13. The average molecular weight is 428 g/mol. The van der Waals surface area contributed by atoms with Crippen LogP contribution < -0.4 is 22.3 Å². The molecule has 0 aliphatic carbocycles. The van der Waals surface area contributed by atoms with E-state index in [1.807, 2.05) is 27.7 Å². The number of rotatable bonds is 8. The van der Waals surface area contributed by atoms with Crippen molar-refractivity contribution < 1.29 is 9.59 Å². The van der Waals surface area contributed by atoms with Crippen LogP contribution in [0.15, 0.2) is 27.8 Å². The normalized spacial score (nSPS) is 12.5. The Kier molecular flexibility index (Phi) is 6.28. The summed E-state index contributed by atoms with van der Waals surface area (Å²) in [5.41, 5.74) is 4.92. The van der Waals surface area contributed by atoms with Crippen molar-refractivity contribution in [1.82, 2.24) is 24.1 Å². The number of hydrogen-bond acceptors (Lipinski definition) is 5. The SMILES string of the molecule is CC[C@H](C)NC(=O)c1ccc2c(=O)n(CCC(C)C)c3nn(CC(N)=O)c(=O)n3c2c1. The van der Waals surface area contributed by atoms with E-state index in [-0.39, 0.29) is 34.2 Å². The molecule has 2 heterocycles.